The van der Waals surface area contributed by atoms with Crippen molar-refractivity contribution in [2.75, 3.05) is 6.54 Å². The van der Waals surface area contributed by atoms with Crippen LogP contribution < -0.4 is 5.32 Å². The lowest BCUT2D eigenvalue weighted by molar-refractivity contribution is -0.132. The molecule has 1 amide bonds. The second kappa shape index (κ2) is 4.41. The Hall–Kier alpha value is -0.900. The Kier molecular flexibility index (Phi) is 2.90. The molecule has 1 saturated carbocycles. The summed E-state index contributed by atoms with van der Waals surface area (Å²) >= 11 is 0. The van der Waals surface area contributed by atoms with Crippen LogP contribution in [0.4, 0.5) is 0 Å². The number of fused-ring (bicyclic) bond motifs is 2. The van der Waals surface area contributed by atoms with Crippen molar-refractivity contribution >= 4 is 11.7 Å². The van der Waals surface area contributed by atoms with Gasteiger partial charge in [0, 0.05) is 31.0 Å². The fraction of sp³-hybridized carbons (Fsp3) is 0.846. The molecule has 4 nitrogen and oxygen atoms in total. The third kappa shape index (κ3) is 2.51. The summed E-state index contributed by atoms with van der Waals surface area (Å²) in [5.74, 6) is 0.539. The van der Waals surface area contributed by atoms with E-state index in [9.17, 15) is 9.59 Å². The number of rotatable bonds is 3. The molecule has 2 heterocycles. The molecule has 94 valence electrons. The molecule has 2 saturated heterocycles. The molecule has 0 aromatic carbocycles. The van der Waals surface area contributed by atoms with Crippen molar-refractivity contribution in [3.63, 3.8) is 0 Å². The predicted octanol–water partition coefficient (Wildman–Crippen LogP) is 0.851. The van der Waals surface area contributed by atoms with Crippen LogP contribution >= 0.6 is 0 Å². The first kappa shape index (κ1) is 11.2. The fourth-order valence-corrected chi connectivity index (χ4v) is 3.19. The fourth-order valence-electron chi connectivity index (χ4n) is 3.19. The number of hydrogen-bond donors (Lipinski definition) is 1. The SMILES string of the molecule is O=C1CC2CCCC(C1)N2CC(=O)NC1CC1. The van der Waals surface area contributed by atoms with Gasteiger partial charge in [-0.1, -0.05) is 6.42 Å². The summed E-state index contributed by atoms with van der Waals surface area (Å²) < 4.78 is 0. The molecular formula is C13H20N2O2. The smallest absolute Gasteiger partial charge is 0.234 e. The maximum Gasteiger partial charge on any atom is 0.234 e. The van der Waals surface area contributed by atoms with Crippen LogP contribution in [0.3, 0.4) is 0 Å². The van der Waals surface area contributed by atoms with Gasteiger partial charge in [-0.3, -0.25) is 14.5 Å². The summed E-state index contributed by atoms with van der Waals surface area (Å²) in [7, 11) is 0. The maximum absolute atomic E-state index is 11.8. The summed E-state index contributed by atoms with van der Waals surface area (Å²) in [4.78, 5) is 25.7. The molecule has 3 rings (SSSR count). The quantitative estimate of drug-likeness (QED) is 0.790. The summed E-state index contributed by atoms with van der Waals surface area (Å²) in [5.41, 5.74) is 0. The molecule has 1 aliphatic carbocycles. The van der Waals surface area contributed by atoms with E-state index in [2.05, 4.69) is 10.2 Å². The monoisotopic (exact) mass is 236 g/mol. The highest BCUT2D eigenvalue weighted by atomic mass is 16.2. The van der Waals surface area contributed by atoms with Crippen molar-refractivity contribution < 1.29 is 9.59 Å². The summed E-state index contributed by atoms with van der Waals surface area (Å²) in [6.07, 6.45) is 6.97. The molecular weight excluding hydrogens is 216 g/mol. The minimum Gasteiger partial charge on any atom is -0.352 e. The lowest BCUT2D eigenvalue weighted by atomic mass is 9.84. The zero-order valence-corrected chi connectivity index (χ0v) is 10.2. The van der Waals surface area contributed by atoms with Gasteiger partial charge in [-0.15, -0.1) is 0 Å². The van der Waals surface area contributed by atoms with Crippen LogP contribution in [0.25, 0.3) is 0 Å². The Labute approximate surface area is 102 Å². The summed E-state index contributed by atoms with van der Waals surface area (Å²) in [6, 6.07) is 1.11. The van der Waals surface area contributed by atoms with Crippen LogP contribution in [-0.2, 0) is 9.59 Å². The minimum absolute atomic E-state index is 0.152. The molecule has 0 aromatic heterocycles. The van der Waals surface area contributed by atoms with Crippen molar-refractivity contribution in [1.29, 1.82) is 0 Å². The first-order valence-electron chi connectivity index (χ1n) is 6.79. The average molecular weight is 236 g/mol. The maximum atomic E-state index is 11.8. The highest BCUT2D eigenvalue weighted by molar-refractivity contribution is 5.82. The largest absolute Gasteiger partial charge is 0.352 e. The van der Waals surface area contributed by atoms with Crippen LogP contribution in [-0.4, -0.2) is 41.3 Å². The zero-order valence-electron chi connectivity index (χ0n) is 10.2. The number of hydrogen-bond acceptors (Lipinski definition) is 3. The van der Waals surface area contributed by atoms with Gasteiger partial charge in [-0.25, -0.2) is 0 Å². The number of carbonyl (C=O) groups is 2. The van der Waals surface area contributed by atoms with Crippen molar-refractivity contribution in [1.82, 2.24) is 10.2 Å². The van der Waals surface area contributed by atoms with Gasteiger partial charge in [0.05, 0.1) is 6.54 Å². The van der Waals surface area contributed by atoms with Gasteiger partial charge in [0.25, 0.3) is 0 Å². The third-order valence-electron chi connectivity index (χ3n) is 4.21. The van der Waals surface area contributed by atoms with Gasteiger partial charge >= 0.3 is 0 Å². The third-order valence-corrected chi connectivity index (χ3v) is 4.21. The van der Waals surface area contributed by atoms with Gasteiger partial charge < -0.3 is 5.32 Å². The molecule has 2 atom stereocenters. The van der Waals surface area contributed by atoms with E-state index in [1.165, 1.54) is 6.42 Å². The van der Waals surface area contributed by atoms with E-state index >= 15 is 0 Å². The molecule has 0 radical (unpaired) electrons. The number of piperidine rings is 2. The highest BCUT2D eigenvalue weighted by Gasteiger charge is 2.38. The van der Waals surface area contributed by atoms with Gasteiger partial charge in [-0.2, -0.15) is 0 Å². The Balaban J connectivity index is 1.60. The molecule has 1 N–H and O–H groups in total. The van der Waals surface area contributed by atoms with Crippen molar-refractivity contribution in [2.24, 2.45) is 0 Å². The van der Waals surface area contributed by atoms with E-state index in [4.69, 9.17) is 0 Å². The number of Topliss-reactive ketones (excluding diaryl/α,β-unsaturated/α-hetero) is 1. The van der Waals surface area contributed by atoms with Gasteiger partial charge in [0.1, 0.15) is 5.78 Å². The zero-order chi connectivity index (χ0) is 11.8. The minimum atomic E-state index is 0.152. The Morgan fingerprint density at radius 3 is 2.41 bits per heavy atom. The van der Waals surface area contributed by atoms with E-state index in [1.54, 1.807) is 0 Å². The lowest BCUT2D eigenvalue weighted by Crippen LogP contribution is -2.55. The van der Waals surface area contributed by atoms with Gasteiger partial charge in [-0.05, 0) is 25.7 Å². The van der Waals surface area contributed by atoms with Crippen LogP contribution in [0.15, 0.2) is 0 Å². The van der Waals surface area contributed by atoms with Crippen molar-refractivity contribution in [2.45, 2.75) is 63.1 Å². The number of ketones is 1. The molecule has 17 heavy (non-hydrogen) atoms. The van der Waals surface area contributed by atoms with E-state index < -0.39 is 0 Å². The van der Waals surface area contributed by atoms with E-state index in [0.717, 1.165) is 25.7 Å². The molecule has 0 aromatic rings. The number of nitrogens with one attached hydrogen (secondary N) is 1. The van der Waals surface area contributed by atoms with E-state index in [-0.39, 0.29) is 5.91 Å². The van der Waals surface area contributed by atoms with E-state index in [1.807, 2.05) is 0 Å². The first-order valence-corrected chi connectivity index (χ1v) is 6.79. The molecule has 0 spiro atoms. The average Bonchev–Trinajstić information content (AvgIpc) is 3.03. The number of amides is 1. The van der Waals surface area contributed by atoms with Gasteiger partial charge in [0.15, 0.2) is 0 Å². The predicted molar refractivity (Wildman–Crippen MR) is 63.5 cm³/mol. The summed E-state index contributed by atoms with van der Waals surface area (Å²) in [5, 5.41) is 3.04. The second-order valence-corrected chi connectivity index (χ2v) is 5.70. The molecule has 4 heteroatoms. The lowest BCUT2D eigenvalue weighted by Gasteiger charge is -2.45. The van der Waals surface area contributed by atoms with Crippen molar-refractivity contribution in [3.05, 3.63) is 0 Å². The Morgan fingerprint density at radius 1 is 1.18 bits per heavy atom. The highest BCUT2D eigenvalue weighted by Crippen LogP contribution is 2.32. The Bertz CT molecular complexity index is 322. The van der Waals surface area contributed by atoms with E-state index in [0.29, 0.717) is 43.3 Å². The normalized spacial score (nSPS) is 33.5. The van der Waals surface area contributed by atoms with Crippen LogP contribution in [0.2, 0.25) is 0 Å². The number of carbonyl (C=O) groups excluding carboxylic acids is 2. The summed E-state index contributed by atoms with van der Waals surface area (Å²) in [6.45, 7) is 0.499. The standard InChI is InChI=1S/C13H20N2O2/c16-12-6-10-2-1-3-11(7-12)15(10)8-13(17)14-9-4-5-9/h9-11H,1-8H2,(H,14,17). The van der Waals surface area contributed by atoms with Crippen molar-refractivity contribution in [3.8, 4) is 0 Å². The Morgan fingerprint density at radius 2 is 1.82 bits per heavy atom. The topological polar surface area (TPSA) is 49.4 Å². The van der Waals surface area contributed by atoms with Crippen LogP contribution in [0.1, 0.15) is 44.9 Å². The van der Waals surface area contributed by atoms with Gasteiger partial charge in [0.2, 0.25) is 5.91 Å². The molecule has 3 aliphatic rings. The molecule has 2 unspecified atom stereocenters. The molecule has 2 bridgehead atoms. The first-order chi connectivity index (χ1) is 8.22. The second-order valence-electron chi connectivity index (χ2n) is 5.70. The number of nitrogens with zero attached hydrogens (tertiary/aromatic N) is 1. The van der Waals surface area contributed by atoms with Crippen LogP contribution in [0.5, 0.6) is 0 Å². The molecule has 3 fully saturated rings. The van der Waals surface area contributed by atoms with Crippen LogP contribution in [0, 0.1) is 0 Å². The molecule has 2 aliphatic heterocycles.